The Labute approximate surface area is 123 Å². The highest BCUT2D eigenvalue weighted by molar-refractivity contribution is 7.98. The molecule has 0 unspecified atom stereocenters. The molecule has 0 aromatic heterocycles. The van der Waals surface area contributed by atoms with E-state index in [1.54, 1.807) is 6.07 Å². The van der Waals surface area contributed by atoms with Crippen molar-refractivity contribution in [2.75, 3.05) is 6.26 Å². The third kappa shape index (κ3) is 3.87. The normalized spacial score (nSPS) is 10.4. The van der Waals surface area contributed by atoms with Crippen LogP contribution in [0.2, 0.25) is 0 Å². The van der Waals surface area contributed by atoms with E-state index in [0.717, 1.165) is 29.7 Å². The van der Waals surface area contributed by atoms with Crippen LogP contribution in [0, 0.1) is 0 Å². The topological polar surface area (TPSA) is 37.3 Å². The van der Waals surface area contributed by atoms with E-state index in [4.69, 9.17) is 0 Å². The zero-order valence-electron chi connectivity index (χ0n) is 11.5. The van der Waals surface area contributed by atoms with Crippen molar-refractivity contribution in [3.63, 3.8) is 0 Å². The largest absolute Gasteiger partial charge is 0.478 e. The van der Waals surface area contributed by atoms with Crippen LogP contribution in [0.15, 0.2) is 53.4 Å². The molecule has 0 heterocycles. The molecule has 0 saturated heterocycles. The summed E-state index contributed by atoms with van der Waals surface area (Å²) in [4.78, 5) is 12.0. The quantitative estimate of drug-likeness (QED) is 0.805. The lowest BCUT2D eigenvalue weighted by Crippen LogP contribution is -2.00. The molecule has 0 fully saturated rings. The van der Waals surface area contributed by atoms with Crippen LogP contribution >= 0.6 is 11.8 Å². The first-order valence-corrected chi connectivity index (χ1v) is 7.87. The van der Waals surface area contributed by atoms with Crippen LogP contribution in [0.25, 0.3) is 0 Å². The molecule has 2 aromatic carbocycles. The van der Waals surface area contributed by atoms with Gasteiger partial charge < -0.3 is 5.11 Å². The van der Waals surface area contributed by atoms with Crippen molar-refractivity contribution in [3.8, 4) is 0 Å². The number of hydrogen-bond donors (Lipinski definition) is 1. The Kier molecular flexibility index (Phi) is 5.24. The molecular weight excluding hydrogens is 268 g/mol. The average Bonchev–Trinajstić information content (AvgIpc) is 2.48. The molecule has 1 N–H and O–H groups in total. The number of benzene rings is 2. The van der Waals surface area contributed by atoms with Gasteiger partial charge in [-0.2, -0.15) is 0 Å². The number of rotatable bonds is 6. The van der Waals surface area contributed by atoms with Crippen molar-refractivity contribution in [1.29, 1.82) is 0 Å². The summed E-state index contributed by atoms with van der Waals surface area (Å²) in [6, 6.07) is 16.1. The van der Waals surface area contributed by atoms with E-state index in [2.05, 4.69) is 12.1 Å². The zero-order chi connectivity index (χ0) is 14.4. The second-order valence-electron chi connectivity index (χ2n) is 4.68. The van der Waals surface area contributed by atoms with Gasteiger partial charge in [-0.1, -0.05) is 36.4 Å². The molecule has 3 heteroatoms. The van der Waals surface area contributed by atoms with Crippen LogP contribution in [0.1, 0.15) is 27.9 Å². The van der Waals surface area contributed by atoms with Crippen LogP contribution in [0.4, 0.5) is 0 Å². The van der Waals surface area contributed by atoms with Crippen LogP contribution in [-0.2, 0) is 12.8 Å². The predicted octanol–water partition coefficient (Wildman–Crippen LogP) is 4.28. The molecule has 104 valence electrons. The van der Waals surface area contributed by atoms with E-state index in [1.165, 1.54) is 17.3 Å². The molecule has 20 heavy (non-hydrogen) atoms. The van der Waals surface area contributed by atoms with Gasteiger partial charge in [0.2, 0.25) is 0 Å². The van der Waals surface area contributed by atoms with Gasteiger partial charge >= 0.3 is 5.97 Å². The van der Waals surface area contributed by atoms with E-state index < -0.39 is 5.97 Å². The maximum absolute atomic E-state index is 11.2. The van der Waals surface area contributed by atoms with E-state index in [9.17, 15) is 9.90 Å². The fourth-order valence-electron chi connectivity index (χ4n) is 2.22. The molecule has 0 aliphatic carbocycles. The number of thioether (sulfide) groups is 1. The predicted molar refractivity (Wildman–Crippen MR) is 83.6 cm³/mol. The van der Waals surface area contributed by atoms with Gasteiger partial charge in [-0.05, 0) is 48.8 Å². The Hall–Kier alpha value is -1.74. The molecule has 0 amide bonds. The lowest BCUT2D eigenvalue weighted by Gasteiger charge is -2.07. The van der Waals surface area contributed by atoms with Gasteiger partial charge in [-0.25, -0.2) is 4.79 Å². The van der Waals surface area contributed by atoms with Gasteiger partial charge in [-0.3, -0.25) is 0 Å². The van der Waals surface area contributed by atoms with Gasteiger partial charge in [-0.15, -0.1) is 11.8 Å². The number of carboxylic acids is 1. The van der Waals surface area contributed by atoms with Crippen molar-refractivity contribution in [3.05, 3.63) is 65.2 Å². The summed E-state index contributed by atoms with van der Waals surface area (Å²) in [5.41, 5.74) is 2.83. The minimum absolute atomic E-state index is 0.412. The number of aryl methyl sites for hydroxylation is 2. The maximum Gasteiger partial charge on any atom is 0.336 e. The smallest absolute Gasteiger partial charge is 0.336 e. The maximum atomic E-state index is 11.2. The second-order valence-corrected chi connectivity index (χ2v) is 5.53. The van der Waals surface area contributed by atoms with Gasteiger partial charge in [0.15, 0.2) is 0 Å². The highest BCUT2D eigenvalue weighted by Gasteiger charge is 2.10. The van der Waals surface area contributed by atoms with Crippen LogP contribution in [0.5, 0.6) is 0 Å². The lowest BCUT2D eigenvalue weighted by atomic mass is 10.0. The molecule has 0 aliphatic rings. The summed E-state index contributed by atoms with van der Waals surface area (Å²) in [5.74, 6) is -0.848. The second kappa shape index (κ2) is 7.15. The summed E-state index contributed by atoms with van der Waals surface area (Å²) in [5, 5.41) is 9.21. The van der Waals surface area contributed by atoms with E-state index in [-0.39, 0.29) is 0 Å². The Morgan fingerprint density at radius 2 is 1.75 bits per heavy atom. The van der Waals surface area contributed by atoms with E-state index >= 15 is 0 Å². The molecule has 2 nitrogen and oxygen atoms in total. The zero-order valence-corrected chi connectivity index (χ0v) is 12.3. The highest BCUT2D eigenvalue weighted by Crippen LogP contribution is 2.22. The van der Waals surface area contributed by atoms with Crippen LogP contribution in [0.3, 0.4) is 0 Å². The van der Waals surface area contributed by atoms with Crippen molar-refractivity contribution in [2.45, 2.75) is 24.2 Å². The summed E-state index contributed by atoms with van der Waals surface area (Å²) < 4.78 is 0. The van der Waals surface area contributed by atoms with Crippen molar-refractivity contribution >= 4 is 17.7 Å². The summed E-state index contributed by atoms with van der Waals surface area (Å²) in [6.45, 7) is 0. The third-order valence-electron chi connectivity index (χ3n) is 3.27. The van der Waals surface area contributed by atoms with E-state index in [0.29, 0.717) is 5.56 Å². The first-order valence-electron chi connectivity index (χ1n) is 6.65. The number of hydrogen-bond acceptors (Lipinski definition) is 2. The molecule has 0 saturated carbocycles. The Bertz CT molecular complexity index is 579. The molecule has 0 spiro atoms. The molecular formula is C17H18O2S. The highest BCUT2D eigenvalue weighted by atomic mass is 32.2. The van der Waals surface area contributed by atoms with Crippen molar-refractivity contribution in [1.82, 2.24) is 0 Å². The average molecular weight is 286 g/mol. The van der Waals surface area contributed by atoms with Crippen LogP contribution in [-0.4, -0.2) is 17.3 Å². The number of carboxylic acid groups (broad SMARTS) is 1. The fraction of sp³-hybridized carbons (Fsp3) is 0.235. The van der Waals surface area contributed by atoms with Crippen LogP contribution < -0.4 is 0 Å². The summed E-state index contributed by atoms with van der Waals surface area (Å²) in [7, 11) is 0. The standard InChI is InChI=1S/C17H18O2S/c1-20-16-11-10-14(12-15(16)17(18)19)9-5-8-13-6-3-2-4-7-13/h2-4,6-7,10-12H,5,8-9H2,1H3,(H,18,19). The molecule has 0 aliphatic heterocycles. The van der Waals surface area contributed by atoms with Gasteiger partial charge in [0.1, 0.15) is 0 Å². The molecule has 2 aromatic rings. The summed E-state index contributed by atoms with van der Waals surface area (Å²) in [6.07, 6.45) is 4.86. The minimum atomic E-state index is -0.848. The Morgan fingerprint density at radius 3 is 2.40 bits per heavy atom. The van der Waals surface area contributed by atoms with Gasteiger partial charge in [0.05, 0.1) is 5.56 Å². The Balaban J connectivity index is 1.99. The van der Waals surface area contributed by atoms with Crippen molar-refractivity contribution in [2.24, 2.45) is 0 Å². The van der Waals surface area contributed by atoms with Gasteiger partial charge in [0.25, 0.3) is 0 Å². The minimum Gasteiger partial charge on any atom is -0.478 e. The van der Waals surface area contributed by atoms with E-state index in [1.807, 2.05) is 36.6 Å². The first-order chi connectivity index (χ1) is 9.70. The monoisotopic (exact) mass is 286 g/mol. The SMILES string of the molecule is CSc1ccc(CCCc2ccccc2)cc1C(=O)O. The van der Waals surface area contributed by atoms with Crippen molar-refractivity contribution < 1.29 is 9.90 Å². The molecule has 2 rings (SSSR count). The fourth-order valence-corrected chi connectivity index (χ4v) is 2.79. The molecule has 0 bridgehead atoms. The van der Waals surface area contributed by atoms with Gasteiger partial charge in [0, 0.05) is 4.90 Å². The Morgan fingerprint density at radius 1 is 1.05 bits per heavy atom. The number of aromatic carboxylic acids is 1. The number of carbonyl (C=O) groups is 1. The summed E-state index contributed by atoms with van der Waals surface area (Å²) >= 11 is 1.47. The molecule has 0 radical (unpaired) electrons. The third-order valence-corrected chi connectivity index (χ3v) is 4.06. The molecule has 0 atom stereocenters. The first kappa shape index (κ1) is 14.7. The lowest BCUT2D eigenvalue weighted by molar-refractivity contribution is 0.0693.